The zero-order valence-electron chi connectivity index (χ0n) is 42.3. The van der Waals surface area contributed by atoms with Gasteiger partial charge in [-0.05, 0) is 12.8 Å². The maximum absolute atomic E-state index is 13.1. The van der Waals surface area contributed by atoms with Crippen LogP contribution in [-0.4, -0.2) is 193 Å². The van der Waals surface area contributed by atoms with E-state index < -0.39 is 124 Å². The predicted molar refractivity (Wildman–Crippen MR) is 259 cm³/mol. The molecule has 3 saturated heterocycles. The first-order chi connectivity index (χ1) is 33.8. The van der Waals surface area contributed by atoms with Crippen LogP contribution in [0.1, 0.15) is 174 Å². The minimum absolute atomic E-state index is 0.245. The van der Waals surface area contributed by atoms with Gasteiger partial charge in [0.05, 0.1) is 38.6 Å². The minimum atomic E-state index is -1.97. The molecule has 19 nitrogen and oxygen atoms in total. The molecule has 19 heteroatoms. The highest BCUT2D eigenvalue weighted by Crippen LogP contribution is 2.33. The lowest BCUT2D eigenvalue weighted by atomic mass is 9.96. The first-order valence-electron chi connectivity index (χ1n) is 26.9. The van der Waals surface area contributed by atoms with E-state index in [1.807, 2.05) is 6.92 Å². The maximum Gasteiger partial charge on any atom is 0.220 e. The van der Waals surface area contributed by atoms with Crippen LogP contribution in [0.25, 0.3) is 0 Å². The van der Waals surface area contributed by atoms with Gasteiger partial charge in [0, 0.05) is 6.42 Å². The number of aliphatic hydroxyl groups is 11. The molecule has 0 bridgehead atoms. The number of hydrogen-bond donors (Lipinski definition) is 12. The van der Waals surface area contributed by atoms with Crippen LogP contribution in [0.2, 0.25) is 0 Å². The Morgan fingerprint density at radius 1 is 0.500 bits per heavy atom. The fourth-order valence-corrected chi connectivity index (χ4v) is 9.31. The van der Waals surface area contributed by atoms with E-state index in [0.29, 0.717) is 12.8 Å². The zero-order valence-corrected chi connectivity index (χ0v) is 42.3. The van der Waals surface area contributed by atoms with Crippen molar-refractivity contribution in [2.75, 3.05) is 26.4 Å². The molecule has 3 aliphatic heterocycles. The van der Waals surface area contributed by atoms with E-state index in [4.69, 9.17) is 28.4 Å². The van der Waals surface area contributed by atoms with Crippen molar-refractivity contribution in [1.82, 2.24) is 5.32 Å². The summed E-state index contributed by atoms with van der Waals surface area (Å²) < 4.78 is 33.9. The van der Waals surface area contributed by atoms with Gasteiger partial charge in [0.15, 0.2) is 18.9 Å². The Labute approximate surface area is 416 Å². The van der Waals surface area contributed by atoms with Crippen molar-refractivity contribution in [2.24, 2.45) is 0 Å². The van der Waals surface area contributed by atoms with Gasteiger partial charge in [0.2, 0.25) is 5.91 Å². The number of carbonyl (C=O) groups excluding carboxylic acids is 1. The number of ether oxygens (including phenoxy) is 6. The third-order valence-electron chi connectivity index (χ3n) is 13.8. The fraction of sp³-hybridized carbons (Fsp3) is 0.941. The van der Waals surface area contributed by atoms with E-state index in [-0.39, 0.29) is 18.9 Å². The van der Waals surface area contributed by atoms with E-state index in [1.54, 1.807) is 12.2 Å². The molecule has 12 N–H and O–H groups in total. The number of nitrogens with one attached hydrogen (secondary N) is 1. The van der Waals surface area contributed by atoms with Gasteiger partial charge in [-0.1, -0.05) is 167 Å². The molecule has 3 rings (SSSR count). The fourth-order valence-electron chi connectivity index (χ4n) is 9.31. The summed E-state index contributed by atoms with van der Waals surface area (Å²) in [6.45, 7) is 1.48. The van der Waals surface area contributed by atoms with Crippen molar-refractivity contribution in [3.63, 3.8) is 0 Å². The Hall–Kier alpha value is -1.47. The monoisotopic (exact) mass is 1010 g/mol. The van der Waals surface area contributed by atoms with Gasteiger partial charge >= 0.3 is 0 Å². The van der Waals surface area contributed by atoms with Crippen LogP contribution in [0.15, 0.2) is 12.2 Å². The molecule has 3 heterocycles. The Bertz CT molecular complexity index is 1350. The van der Waals surface area contributed by atoms with E-state index in [0.717, 1.165) is 25.7 Å². The van der Waals surface area contributed by atoms with Crippen LogP contribution in [0.4, 0.5) is 0 Å². The van der Waals surface area contributed by atoms with E-state index in [1.165, 1.54) is 116 Å². The number of unbranched alkanes of at least 4 members (excludes halogenated alkanes) is 22. The van der Waals surface area contributed by atoms with Crippen molar-refractivity contribution in [2.45, 2.75) is 279 Å². The minimum Gasteiger partial charge on any atom is -0.394 e. The lowest BCUT2D eigenvalue weighted by Crippen LogP contribution is -2.66. The molecule has 0 aromatic carbocycles. The van der Waals surface area contributed by atoms with Crippen molar-refractivity contribution in [3.8, 4) is 0 Å². The summed E-state index contributed by atoms with van der Waals surface area (Å²) in [5.41, 5.74) is 0. The largest absolute Gasteiger partial charge is 0.394 e. The van der Waals surface area contributed by atoms with Gasteiger partial charge in [-0.25, -0.2) is 0 Å². The number of aliphatic hydroxyl groups excluding tert-OH is 11. The smallest absolute Gasteiger partial charge is 0.220 e. The van der Waals surface area contributed by atoms with Gasteiger partial charge in [-0.3, -0.25) is 4.79 Å². The average molecular weight is 1010 g/mol. The summed E-state index contributed by atoms with van der Waals surface area (Å²) >= 11 is 0. The molecule has 0 aliphatic carbocycles. The molecule has 0 aromatic heterocycles. The summed E-state index contributed by atoms with van der Waals surface area (Å²) in [4.78, 5) is 13.1. The third-order valence-corrected chi connectivity index (χ3v) is 13.8. The maximum atomic E-state index is 13.1. The predicted octanol–water partition coefficient (Wildman–Crippen LogP) is 2.65. The highest BCUT2D eigenvalue weighted by atomic mass is 16.8. The molecule has 0 spiro atoms. The van der Waals surface area contributed by atoms with Crippen LogP contribution in [0, 0.1) is 0 Å². The molecule has 17 unspecified atom stereocenters. The number of hydrogen-bond acceptors (Lipinski definition) is 18. The Morgan fingerprint density at radius 3 is 1.31 bits per heavy atom. The molecule has 1 amide bonds. The Kier molecular flexibility index (Phi) is 32.7. The highest BCUT2D eigenvalue weighted by molar-refractivity contribution is 5.76. The molecule has 70 heavy (non-hydrogen) atoms. The van der Waals surface area contributed by atoms with Gasteiger partial charge in [0.25, 0.3) is 0 Å². The average Bonchev–Trinajstić information content (AvgIpc) is 3.35. The van der Waals surface area contributed by atoms with Crippen LogP contribution in [0.5, 0.6) is 0 Å². The summed E-state index contributed by atoms with van der Waals surface area (Å²) in [6.07, 6.45) is 6.33. The van der Waals surface area contributed by atoms with Crippen LogP contribution in [-0.2, 0) is 33.2 Å². The second kappa shape index (κ2) is 36.5. The third kappa shape index (κ3) is 21.8. The second-order valence-corrected chi connectivity index (χ2v) is 19.7. The summed E-state index contributed by atoms with van der Waals surface area (Å²) in [7, 11) is 0. The lowest BCUT2D eigenvalue weighted by molar-refractivity contribution is -0.379. The van der Waals surface area contributed by atoms with E-state index in [2.05, 4.69) is 12.2 Å². The standard InChI is InChI=1S/C51H95NO18/c1-3-5-7-8-9-10-11-12-13-14-15-16-17-18-19-20-21-22-23-24-25-27-29-39(57)52-34(35(56)28-26-6-4-2)33-65-49-45(63)42(60)47(37(31-54)67-49)70-51-46(64)43(61)48(38(32-55)68-51)69-50-44(62)41(59)40(58)36(30-53)66-50/h26,28,34-38,40-51,53-56,58-64H,3-25,27,29-33H2,1-2H3,(H,52,57)/b28-26+. The zero-order chi connectivity index (χ0) is 51.3. The van der Waals surface area contributed by atoms with Crippen LogP contribution >= 0.6 is 0 Å². The van der Waals surface area contributed by atoms with E-state index in [9.17, 15) is 61.0 Å². The summed E-state index contributed by atoms with van der Waals surface area (Å²) in [5.74, 6) is -0.285. The van der Waals surface area contributed by atoms with Gasteiger partial charge in [-0.15, -0.1) is 0 Å². The summed E-state index contributed by atoms with van der Waals surface area (Å²) in [6, 6.07) is -0.962. The van der Waals surface area contributed by atoms with E-state index >= 15 is 0 Å². The highest BCUT2D eigenvalue weighted by Gasteiger charge is 2.53. The Morgan fingerprint density at radius 2 is 0.886 bits per heavy atom. The molecule has 3 aliphatic rings. The molecule has 0 radical (unpaired) electrons. The van der Waals surface area contributed by atoms with Crippen LogP contribution < -0.4 is 5.32 Å². The van der Waals surface area contributed by atoms with Crippen molar-refractivity contribution in [1.29, 1.82) is 0 Å². The first kappa shape index (κ1) is 62.8. The van der Waals surface area contributed by atoms with Gasteiger partial charge in [0.1, 0.15) is 73.2 Å². The molecule has 0 saturated carbocycles. The summed E-state index contributed by atoms with van der Waals surface area (Å²) in [5, 5.41) is 119. The number of carbonyl (C=O) groups is 1. The SMILES string of the molecule is CCC/C=C/C(O)C(COC1OC(CO)C(OC2OC(CO)C(OC3OC(CO)C(O)C(O)C3O)C(O)C2O)C(O)C1O)NC(=O)CCCCCCCCCCCCCCCCCCCCCCCC. The van der Waals surface area contributed by atoms with Gasteiger partial charge in [-0.2, -0.15) is 0 Å². The molecule has 3 fully saturated rings. The normalized spacial score (nSPS) is 32.6. The van der Waals surface area contributed by atoms with Crippen molar-refractivity contribution in [3.05, 3.63) is 12.2 Å². The first-order valence-corrected chi connectivity index (χ1v) is 26.9. The van der Waals surface area contributed by atoms with Crippen molar-refractivity contribution < 1.29 is 89.4 Å². The Balaban J connectivity index is 1.38. The molecular weight excluding hydrogens is 915 g/mol. The molecular formula is C51H95NO18. The second-order valence-electron chi connectivity index (χ2n) is 19.7. The quantitative estimate of drug-likeness (QED) is 0.0313. The lowest BCUT2D eigenvalue weighted by Gasteiger charge is -2.48. The molecule has 0 aromatic rings. The van der Waals surface area contributed by atoms with Crippen LogP contribution in [0.3, 0.4) is 0 Å². The molecule has 17 atom stereocenters. The molecule has 412 valence electrons. The topological polar surface area (TPSA) is 307 Å². The number of amides is 1. The van der Waals surface area contributed by atoms with Gasteiger partial charge < -0.3 is 89.9 Å². The number of allylic oxidation sites excluding steroid dienone is 1. The van der Waals surface area contributed by atoms with Crippen molar-refractivity contribution >= 4 is 5.91 Å². The number of rotatable bonds is 38.